The Kier molecular flexibility index (Phi) is 3.09. The number of imidazole rings is 1. The molecule has 0 amide bonds. The van der Waals surface area contributed by atoms with E-state index in [4.69, 9.17) is 11.6 Å². The van der Waals surface area contributed by atoms with E-state index in [9.17, 15) is 0 Å². The molecule has 0 atom stereocenters. The molecule has 0 N–H and O–H groups in total. The van der Waals surface area contributed by atoms with Crippen molar-refractivity contribution >= 4 is 23.1 Å². The topological polar surface area (TPSA) is 46.8 Å². The lowest BCUT2D eigenvalue weighted by molar-refractivity contribution is 0.205. The Labute approximate surface area is 115 Å². The average molecular weight is 284 g/mol. The zero-order chi connectivity index (χ0) is 12.7. The van der Waals surface area contributed by atoms with Crippen molar-refractivity contribution < 1.29 is 0 Å². The third kappa shape index (κ3) is 2.04. The molecule has 1 aliphatic heterocycles. The number of fused-ring (bicyclic) bond motifs is 1. The normalized spacial score (nSPS) is 15.9. The molecule has 1 aliphatic rings. The van der Waals surface area contributed by atoms with Gasteiger partial charge in [0.1, 0.15) is 15.9 Å². The minimum absolute atomic E-state index is 0.691. The molecule has 96 valence electrons. The Morgan fingerprint density at radius 2 is 2.17 bits per heavy atom. The summed E-state index contributed by atoms with van der Waals surface area (Å²) in [4.78, 5) is 6.92. The quantitative estimate of drug-likeness (QED) is 0.846. The summed E-state index contributed by atoms with van der Waals surface area (Å²) in [7, 11) is 0. The Hall–Kier alpha value is -0.980. The van der Waals surface area contributed by atoms with Gasteiger partial charge in [0.15, 0.2) is 0 Å². The van der Waals surface area contributed by atoms with E-state index in [0.717, 1.165) is 43.4 Å². The van der Waals surface area contributed by atoms with Gasteiger partial charge in [-0.2, -0.15) is 0 Å². The van der Waals surface area contributed by atoms with Gasteiger partial charge in [-0.15, -0.1) is 5.10 Å². The van der Waals surface area contributed by atoms with Crippen LogP contribution in [0, 0.1) is 13.8 Å². The summed E-state index contributed by atoms with van der Waals surface area (Å²) in [6.07, 6.45) is 0. The molecular formula is C11H14ClN5S. The lowest BCUT2D eigenvalue weighted by Crippen LogP contribution is -2.33. The van der Waals surface area contributed by atoms with Gasteiger partial charge in [0.2, 0.25) is 0 Å². The van der Waals surface area contributed by atoms with Crippen molar-refractivity contribution in [2.24, 2.45) is 0 Å². The molecule has 3 heterocycles. The SMILES string of the molecule is Cc1nc2n(c1C)CCN(Cc1nnsc1Cl)C2. The predicted octanol–water partition coefficient (Wildman–Crippen LogP) is 2.02. The standard InChI is InChI=1S/C11H14ClN5S/c1-7-8(2)17-4-3-16(6-10(17)13-7)5-9-11(12)18-15-14-9/h3-6H2,1-2H3. The van der Waals surface area contributed by atoms with Crippen molar-refractivity contribution in [3.05, 3.63) is 27.2 Å². The molecule has 0 spiro atoms. The van der Waals surface area contributed by atoms with Crippen LogP contribution in [0.4, 0.5) is 0 Å². The highest BCUT2D eigenvalue weighted by atomic mass is 35.5. The van der Waals surface area contributed by atoms with Gasteiger partial charge in [0.25, 0.3) is 0 Å². The van der Waals surface area contributed by atoms with Crippen LogP contribution < -0.4 is 0 Å². The van der Waals surface area contributed by atoms with Crippen molar-refractivity contribution in [1.29, 1.82) is 0 Å². The van der Waals surface area contributed by atoms with Gasteiger partial charge in [0, 0.05) is 36.9 Å². The lowest BCUT2D eigenvalue weighted by atomic mass is 10.3. The van der Waals surface area contributed by atoms with Crippen molar-refractivity contribution in [2.75, 3.05) is 6.54 Å². The first kappa shape index (κ1) is 12.1. The van der Waals surface area contributed by atoms with E-state index in [1.807, 2.05) is 0 Å². The molecule has 7 heteroatoms. The van der Waals surface area contributed by atoms with Gasteiger partial charge < -0.3 is 4.57 Å². The molecule has 0 bridgehead atoms. The number of hydrogen-bond donors (Lipinski definition) is 0. The summed E-state index contributed by atoms with van der Waals surface area (Å²) in [6, 6.07) is 0. The molecule has 3 rings (SSSR count). The first-order valence-electron chi connectivity index (χ1n) is 5.87. The van der Waals surface area contributed by atoms with Crippen LogP contribution in [-0.4, -0.2) is 30.6 Å². The van der Waals surface area contributed by atoms with Gasteiger partial charge in [-0.05, 0) is 13.8 Å². The number of hydrogen-bond acceptors (Lipinski definition) is 5. The van der Waals surface area contributed by atoms with E-state index < -0.39 is 0 Å². The van der Waals surface area contributed by atoms with Crippen LogP contribution in [0.15, 0.2) is 0 Å². The number of rotatable bonds is 2. The Morgan fingerprint density at radius 1 is 1.33 bits per heavy atom. The van der Waals surface area contributed by atoms with E-state index in [2.05, 4.69) is 37.9 Å². The largest absolute Gasteiger partial charge is 0.330 e. The van der Waals surface area contributed by atoms with Crippen LogP contribution >= 0.6 is 23.1 Å². The van der Waals surface area contributed by atoms with Gasteiger partial charge in [-0.3, -0.25) is 4.90 Å². The maximum absolute atomic E-state index is 6.03. The van der Waals surface area contributed by atoms with Gasteiger partial charge >= 0.3 is 0 Å². The maximum Gasteiger partial charge on any atom is 0.138 e. The highest BCUT2D eigenvalue weighted by Crippen LogP contribution is 2.22. The maximum atomic E-state index is 6.03. The number of nitrogens with zero attached hydrogens (tertiary/aromatic N) is 5. The summed E-state index contributed by atoms with van der Waals surface area (Å²) in [6.45, 7) is 7.77. The fraction of sp³-hybridized carbons (Fsp3) is 0.545. The van der Waals surface area contributed by atoms with E-state index in [1.54, 1.807) is 0 Å². The van der Waals surface area contributed by atoms with Crippen LogP contribution in [-0.2, 0) is 19.6 Å². The van der Waals surface area contributed by atoms with Crippen molar-refractivity contribution in [1.82, 2.24) is 24.0 Å². The molecule has 18 heavy (non-hydrogen) atoms. The smallest absolute Gasteiger partial charge is 0.138 e. The van der Waals surface area contributed by atoms with Crippen LogP contribution in [0.2, 0.25) is 4.34 Å². The Morgan fingerprint density at radius 3 is 2.89 bits per heavy atom. The highest BCUT2D eigenvalue weighted by Gasteiger charge is 2.21. The summed E-state index contributed by atoms with van der Waals surface area (Å²) in [5, 5.41) is 4.06. The van der Waals surface area contributed by atoms with Crippen LogP contribution in [0.25, 0.3) is 0 Å². The fourth-order valence-electron chi connectivity index (χ4n) is 2.30. The summed E-state index contributed by atoms with van der Waals surface area (Å²) in [5.74, 6) is 1.13. The minimum Gasteiger partial charge on any atom is -0.330 e. The molecular weight excluding hydrogens is 270 g/mol. The van der Waals surface area contributed by atoms with E-state index in [0.29, 0.717) is 4.34 Å². The third-order valence-corrected chi connectivity index (χ3v) is 4.41. The summed E-state index contributed by atoms with van der Waals surface area (Å²) < 4.78 is 6.85. The first-order valence-corrected chi connectivity index (χ1v) is 7.02. The Balaban J connectivity index is 1.77. The summed E-state index contributed by atoms with van der Waals surface area (Å²) >= 11 is 7.28. The second-order valence-electron chi connectivity index (χ2n) is 4.55. The lowest BCUT2D eigenvalue weighted by Gasteiger charge is -2.27. The first-order chi connectivity index (χ1) is 8.65. The van der Waals surface area contributed by atoms with Crippen molar-refractivity contribution in [3.8, 4) is 0 Å². The molecule has 0 saturated carbocycles. The molecule has 0 radical (unpaired) electrons. The van der Waals surface area contributed by atoms with E-state index in [-0.39, 0.29) is 0 Å². The molecule has 5 nitrogen and oxygen atoms in total. The van der Waals surface area contributed by atoms with Gasteiger partial charge in [0.05, 0.1) is 12.2 Å². The Bertz CT molecular complexity index is 576. The molecule has 2 aromatic heterocycles. The highest BCUT2D eigenvalue weighted by molar-refractivity contribution is 7.10. The number of halogens is 1. The van der Waals surface area contributed by atoms with Crippen LogP contribution in [0.1, 0.15) is 22.9 Å². The second-order valence-corrected chi connectivity index (χ2v) is 5.91. The fourth-order valence-corrected chi connectivity index (χ4v) is 2.91. The predicted molar refractivity (Wildman–Crippen MR) is 70.7 cm³/mol. The molecule has 2 aromatic rings. The molecule has 0 fully saturated rings. The molecule has 0 aliphatic carbocycles. The number of aryl methyl sites for hydroxylation is 1. The van der Waals surface area contributed by atoms with Gasteiger partial charge in [-0.1, -0.05) is 16.1 Å². The zero-order valence-corrected chi connectivity index (χ0v) is 11.9. The average Bonchev–Trinajstić information content (AvgIpc) is 2.86. The molecule has 0 unspecified atom stereocenters. The second kappa shape index (κ2) is 4.60. The summed E-state index contributed by atoms with van der Waals surface area (Å²) in [5.41, 5.74) is 3.27. The zero-order valence-electron chi connectivity index (χ0n) is 10.4. The van der Waals surface area contributed by atoms with Crippen molar-refractivity contribution in [3.63, 3.8) is 0 Å². The van der Waals surface area contributed by atoms with E-state index in [1.165, 1.54) is 17.2 Å². The molecule has 0 aromatic carbocycles. The van der Waals surface area contributed by atoms with Crippen LogP contribution in [0.5, 0.6) is 0 Å². The van der Waals surface area contributed by atoms with Crippen molar-refractivity contribution in [2.45, 2.75) is 33.5 Å². The monoisotopic (exact) mass is 283 g/mol. The third-order valence-electron chi connectivity index (χ3n) is 3.42. The minimum atomic E-state index is 0.691. The van der Waals surface area contributed by atoms with Crippen LogP contribution in [0.3, 0.4) is 0 Å². The number of aromatic nitrogens is 4. The molecule has 0 saturated heterocycles. The van der Waals surface area contributed by atoms with Gasteiger partial charge in [-0.25, -0.2) is 4.98 Å². The van der Waals surface area contributed by atoms with E-state index >= 15 is 0 Å².